The van der Waals surface area contributed by atoms with Crippen LogP contribution in [-0.4, -0.2) is 57.4 Å². The molecule has 0 aromatic carbocycles. The third-order valence-electron chi connectivity index (χ3n) is 4.83. The predicted octanol–water partition coefficient (Wildman–Crippen LogP) is 0.605. The van der Waals surface area contributed by atoms with Gasteiger partial charge in [-0.25, -0.2) is 0 Å². The minimum Gasteiger partial charge on any atom is -0.480 e. The minimum atomic E-state index is -0.887. The molecular weight excluding hydrogens is 260 g/mol. The van der Waals surface area contributed by atoms with E-state index in [0.29, 0.717) is 13.0 Å². The first-order valence-corrected chi connectivity index (χ1v) is 7.44. The maximum atomic E-state index is 12.5. The van der Waals surface area contributed by atoms with Crippen LogP contribution in [0.4, 0.5) is 0 Å². The standard InChI is InChI=1S/C14H20N2O4/c17-12-8-11(15-7-3-6-10(15)14(19)20)13(18)16(12)9-4-1-2-5-9/h9-11H,1-8H2,(H,19,20). The fraction of sp³-hybridized carbons (Fsp3) is 0.786. The fourth-order valence-corrected chi connectivity index (χ4v) is 3.87. The third-order valence-corrected chi connectivity index (χ3v) is 4.83. The molecule has 2 amide bonds. The Hall–Kier alpha value is -1.43. The van der Waals surface area contributed by atoms with Gasteiger partial charge in [-0.1, -0.05) is 12.8 Å². The summed E-state index contributed by atoms with van der Waals surface area (Å²) in [5.74, 6) is -1.18. The Bertz CT molecular complexity index is 444. The van der Waals surface area contributed by atoms with Gasteiger partial charge >= 0.3 is 5.97 Å². The number of nitrogens with zero attached hydrogens (tertiary/aromatic N) is 2. The Balaban J connectivity index is 1.77. The smallest absolute Gasteiger partial charge is 0.320 e. The predicted molar refractivity (Wildman–Crippen MR) is 69.9 cm³/mol. The topological polar surface area (TPSA) is 77.9 Å². The molecule has 20 heavy (non-hydrogen) atoms. The molecule has 0 aromatic heterocycles. The summed E-state index contributed by atoms with van der Waals surface area (Å²) in [7, 11) is 0. The number of amides is 2. The minimum absolute atomic E-state index is 0.0471. The van der Waals surface area contributed by atoms with E-state index < -0.39 is 18.1 Å². The van der Waals surface area contributed by atoms with Crippen LogP contribution in [0, 0.1) is 0 Å². The number of carboxylic acid groups (broad SMARTS) is 1. The molecule has 6 nitrogen and oxygen atoms in total. The summed E-state index contributed by atoms with van der Waals surface area (Å²) < 4.78 is 0. The third kappa shape index (κ3) is 2.12. The van der Waals surface area contributed by atoms with Crippen LogP contribution in [0.1, 0.15) is 44.9 Å². The van der Waals surface area contributed by atoms with Crippen LogP contribution in [0.5, 0.6) is 0 Å². The molecule has 1 saturated carbocycles. The Morgan fingerprint density at radius 2 is 1.80 bits per heavy atom. The summed E-state index contributed by atoms with van der Waals surface area (Å²) in [6, 6.07) is -1.11. The van der Waals surface area contributed by atoms with Crippen LogP contribution in [0.2, 0.25) is 0 Å². The van der Waals surface area contributed by atoms with E-state index >= 15 is 0 Å². The summed E-state index contributed by atoms with van der Waals surface area (Å²) in [6.45, 7) is 0.596. The van der Waals surface area contributed by atoms with Crippen LogP contribution in [-0.2, 0) is 14.4 Å². The molecule has 110 valence electrons. The largest absolute Gasteiger partial charge is 0.480 e. The lowest BCUT2D eigenvalue weighted by Gasteiger charge is -2.27. The second-order valence-electron chi connectivity index (χ2n) is 5.99. The first kappa shape index (κ1) is 13.5. The van der Waals surface area contributed by atoms with E-state index in [2.05, 4.69) is 0 Å². The molecule has 3 fully saturated rings. The maximum absolute atomic E-state index is 12.5. The molecule has 0 radical (unpaired) electrons. The van der Waals surface area contributed by atoms with E-state index in [1.54, 1.807) is 4.90 Å². The monoisotopic (exact) mass is 280 g/mol. The van der Waals surface area contributed by atoms with Gasteiger partial charge in [-0.05, 0) is 32.2 Å². The van der Waals surface area contributed by atoms with Crippen molar-refractivity contribution in [1.29, 1.82) is 0 Å². The van der Waals surface area contributed by atoms with Gasteiger partial charge in [0.25, 0.3) is 0 Å². The van der Waals surface area contributed by atoms with Crippen molar-refractivity contribution in [2.24, 2.45) is 0 Å². The molecule has 3 aliphatic rings. The molecular formula is C14H20N2O4. The Morgan fingerprint density at radius 1 is 1.10 bits per heavy atom. The SMILES string of the molecule is O=C(O)C1CCCN1C1CC(=O)N(C2CCCC2)C1=O. The molecule has 1 aliphatic carbocycles. The van der Waals surface area contributed by atoms with Gasteiger partial charge in [0.2, 0.25) is 11.8 Å². The highest BCUT2D eigenvalue weighted by molar-refractivity contribution is 6.06. The van der Waals surface area contributed by atoms with E-state index in [1.807, 2.05) is 0 Å². The molecule has 2 unspecified atom stereocenters. The Kier molecular flexibility index (Phi) is 3.50. The summed E-state index contributed by atoms with van der Waals surface area (Å²) in [5, 5.41) is 9.22. The van der Waals surface area contributed by atoms with Crippen molar-refractivity contribution in [2.75, 3.05) is 6.54 Å². The van der Waals surface area contributed by atoms with Crippen LogP contribution < -0.4 is 0 Å². The zero-order chi connectivity index (χ0) is 14.3. The van der Waals surface area contributed by atoms with E-state index in [-0.39, 0.29) is 24.3 Å². The van der Waals surface area contributed by atoms with Gasteiger partial charge in [0, 0.05) is 6.04 Å². The maximum Gasteiger partial charge on any atom is 0.320 e. The van der Waals surface area contributed by atoms with Gasteiger partial charge < -0.3 is 5.11 Å². The van der Waals surface area contributed by atoms with Gasteiger partial charge in [-0.2, -0.15) is 0 Å². The molecule has 2 atom stereocenters. The molecule has 3 rings (SSSR count). The van der Waals surface area contributed by atoms with Crippen LogP contribution in [0.3, 0.4) is 0 Å². The van der Waals surface area contributed by atoms with Gasteiger partial charge in [0.05, 0.1) is 12.5 Å². The lowest BCUT2D eigenvalue weighted by atomic mass is 10.1. The number of hydrogen-bond donors (Lipinski definition) is 1. The molecule has 0 spiro atoms. The number of carboxylic acids is 1. The van der Waals surface area contributed by atoms with Crippen molar-refractivity contribution in [2.45, 2.75) is 63.1 Å². The molecule has 6 heteroatoms. The number of imide groups is 1. The number of carbonyl (C=O) groups excluding carboxylic acids is 2. The van der Waals surface area contributed by atoms with Gasteiger partial charge in [-0.3, -0.25) is 24.2 Å². The van der Waals surface area contributed by atoms with Crippen molar-refractivity contribution in [3.8, 4) is 0 Å². The highest BCUT2D eigenvalue weighted by atomic mass is 16.4. The number of hydrogen-bond acceptors (Lipinski definition) is 4. The number of carbonyl (C=O) groups is 3. The lowest BCUT2D eigenvalue weighted by Crippen LogP contribution is -2.48. The molecule has 2 saturated heterocycles. The van der Waals surface area contributed by atoms with E-state index in [4.69, 9.17) is 0 Å². The quantitative estimate of drug-likeness (QED) is 0.766. The zero-order valence-corrected chi connectivity index (χ0v) is 11.5. The van der Waals surface area contributed by atoms with Crippen molar-refractivity contribution in [1.82, 2.24) is 9.80 Å². The second kappa shape index (κ2) is 5.16. The zero-order valence-electron chi connectivity index (χ0n) is 11.5. The van der Waals surface area contributed by atoms with Gasteiger partial charge in [0.1, 0.15) is 6.04 Å². The Morgan fingerprint density at radius 3 is 2.45 bits per heavy atom. The molecule has 2 heterocycles. The van der Waals surface area contributed by atoms with Crippen molar-refractivity contribution in [3.63, 3.8) is 0 Å². The first-order chi connectivity index (χ1) is 9.59. The summed E-state index contributed by atoms with van der Waals surface area (Å²) in [4.78, 5) is 39.1. The van der Waals surface area contributed by atoms with Crippen molar-refractivity contribution in [3.05, 3.63) is 0 Å². The average molecular weight is 280 g/mol. The van der Waals surface area contributed by atoms with Crippen molar-refractivity contribution < 1.29 is 19.5 Å². The molecule has 1 N–H and O–H groups in total. The van der Waals surface area contributed by atoms with E-state index in [9.17, 15) is 19.5 Å². The highest BCUT2D eigenvalue weighted by Gasteiger charge is 2.49. The normalized spacial score (nSPS) is 32.5. The highest BCUT2D eigenvalue weighted by Crippen LogP contribution is 2.32. The van der Waals surface area contributed by atoms with Gasteiger partial charge in [0.15, 0.2) is 0 Å². The van der Waals surface area contributed by atoms with Crippen LogP contribution >= 0.6 is 0 Å². The summed E-state index contributed by atoms with van der Waals surface area (Å²) >= 11 is 0. The van der Waals surface area contributed by atoms with Gasteiger partial charge in [-0.15, -0.1) is 0 Å². The number of aliphatic carboxylic acids is 1. The average Bonchev–Trinajstić information content (AvgIpc) is 3.09. The molecule has 2 aliphatic heterocycles. The number of likely N-dealkylation sites (tertiary alicyclic amines) is 2. The lowest BCUT2D eigenvalue weighted by molar-refractivity contribution is -0.145. The van der Waals surface area contributed by atoms with Crippen LogP contribution in [0.25, 0.3) is 0 Å². The number of rotatable bonds is 3. The Labute approximate surface area is 117 Å². The molecule has 0 aromatic rings. The summed E-state index contributed by atoms with van der Waals surface area (Å²) in [6.07, 6.45) is 5.41. The van der Waals surface area contributed by atoms with E-state index in [1.165, 1.54) is 4.90 Å². The molecule has 0 bridgehead atoms. The van der Waals surface area contributed by atoms with Crippen molar-refractivity contribution >= 4 is 17.8 Å². The fourth-order valence-electron chi connectivity index (χ4n) is 3.87. The summed E-state index contributed by atoms with van der Waals surface area (Å²) in [5.41, 5.74) is 0. The van der Waals surface area contributed by atoms with E-state index in [0.717, 1.165) is 32.1 Å². The van der Waals surface area contributed by atoms with Crippen LogP contribution in [0.15, 0.2) is 0 Å². The second-order valence-corrected chi connectivity index (χ2v) is 5.99. The first-order valence-electron chi connectivity index (χ1n) is 7.44.